The van der Waals surface area contributed by atoms with E-state index in [-0.39, 0.29) is 24.8 Å². The molecule has 34 heavy (non-hydrogen) atoms. The van der Waals surface area contributed by atoms with Gasteiger partial charge < -0.3 is 9.88 Å². The highest BCUT2D eigenvalue weighted by atomic mass is 32.2. The van der Waals surface area contributed by atoms with Crippen LogP contribution in [0.15, 0.2) is 36.7 Å². The summed E-state index contributed by atoms with van der Waals surface area (Å²) >= 11 is 0. The van der Waals surface area contributed by atoms with Crippen molar-refractivity contribution < 1.29 is 30.2 Å². The molecule has 1 N–H and O–H groups in total. The van der Waals surface area contributed by atoms with Gasteiger partial charge in [-0.25, -0.2) is 14.1 Å². The van der Waals surface area contributed by atoms with E-state index >= 15 is 0 Å². The molecule has 8 nitrogen and oxygen atoms in total. The predicted molar refractivity (Wildman–Crippen MR) is 118 cm³/mol. The number of aryl methyl sites for hydroxylation is 1. The quantitative estimate of drug-likeness (QED) is 0.338. The molecule has 1 unspecified atom stereocenters. The molecule has 2 heterocycles. The Balaban J connectivity index is 1.99. The molecular formula is C21H25F4N5O3S. The van der Waals surface area contributed by atoms with Gasteiger partial charge in [-0.1, -0.05) is 13.8 Å². The van der Waals surface area contributed by atoms with Crippen LogP contribution in [0, 0.1) is 12.7 Å². The van der Waals surface area contributed by atoms with Crippen LogP contribution < -0.4 is 5.32 Å². The minimum atomic E-state index is -4.64. The van der Waals surface area contributed by atoms with E-state index in [1.165, 1.54) is 29.8 Å². The van der Waals surface area contributed by atoms with E-state index in [9.17, 15) is 26.0 Å². The monoisotopic (exact) mass is 503 g/mol. The first-order valence-electron chi connectivity index (χ1n) is 10.3. The van der Waals surface area contributed by atoms with Gasteiger partial charge in [-0.05, 0) is 37.1 Å². The Morgan fingerprint density at radius 1 is 1.18 bits per heavy atom. The van der Waals surface area contributed by atoms with Gasteiger partial charge in [0.25, 0.3) is 10.1 Å². The number of alkyl halides is 3. The van der Waals surface area contributed by atoms with Crippen molar-refractivity contribution in [3.8, 4) is 5.69 Å². The summed E-state index contributed by atoms with van der Waals surface area (Å²) in [7, 11) is -3.74. The van der Waals surface area contributed by atoms with Crippen LogP contribution in [0.1, 0.15) is 49.6 Å². The maximum absolute atomic E-state index is 13.4. The van der Waals surface area contributed by atoms with E-state index in [0.29, 0.717) is 17.1 Å². The number of imidazole rings is 1. The van der Waals surface area contributed by atoms with Crippen LogP contribution in [0.3, 0.4) is 0 Å². The molecule has 3 aromatic rings. The van der Waals surface area contributed by atoms with Crippen LogP contribution in [0.25, 0.3) is 5.69 Å². The fourth-order valence-electron chi connectivity index (χ4n) is 3.52. The molecule has 0 saturated carbocycles. The molecule has 0 aliphatic heterocycles. The minimum Gasteiger partial charge on any atom is -0.362 e. The number of anilines is 1. The van der Waals surface area contributed by atoms with Crippen LogP contribution in [-0.4, -0.2) is 40.6 Å². The summed E-state index contributed by atoms with van der Waals surface area (Å²) in [6.45, 7) is 4.98. The van der Waals surface area contributed by atoms with E-state index in [0.717, 1.165) is 12.5 Å². The predicted octanol–water partition coefficient (Wildman–Crippen LogP) is 4.64. The molecule has 13 heteroatoms. The largest absolute Gasteiger partial charge is 0.434 e. The van der Waals surface area contributed by atoms with Gasteiger partial charge in [-0.2, -0.15) is 26.7 Å². The first-order valence-corrected chi connectivity index (χ1v) is 12.2. The van der Waals surface area contributed by atoms with Gasteiger partial charge >= 0.3 is 6.18 Å². The summed E-state index contributed by atoms with van der Waals surface area (Å²) in [6.07, 6.45) is -2.18. The molecule has 0 fully saturated rings. The fourth-order valence-corrected chi connectivity index (χ4v) is 3.92. The van der Waals surface area contributed by atoms with Crippen molar-refractivity contribution in [1.82, 2.24) is 19.3 Å². The second-order valence-electron chi connectivity index (χ2n) is 8.04. The van der Waals surface area contributed by atoms with Crippen molar-refractivity contribution in [3.63, 3.8) is 0 Å². The smallest absolute Gasteiger partial charge is 0.362 e. The highest BCUT2D eigenvalue weighted by Crippen LogP contribution is 2.32. The molecule has 1 atom stereocenters. The number of nitrogens with zero attached hydrogens (tertiary/aromatic N) is 4. The second kappa shape index (κ2) is 9.74. The number of hydrogen-bond acceptors (Lipinski definition) is 6. The molecule has 0 aliphatic carbocycles. The Morgan fingerprint density at radius 2 is 1.82 bits per heavy atom. The van der Waals surface area contributed by atoms with Gasteiger partial charge in [0.2, 0.25) is 0 Å². The van der Waals surface area contributed by atoms with Crippen LogP contribution in [0.4, 0.5) is 23.2 Å². The zero-order chi connectivity index (χ0) is 25.3. The Bertz CT molecular complexity index is 1230. The van der Waals surface area contributed by atoms with E-state index in [1.54, 1.807) is 16.8 Å². The Morgan fingerprint density at radius 3 is 2.35 bits per heavy atom. The average molecular weight is 504 g/mol. The molecular weight excluding hydrogens is 478 g/mol. The lowest BCUT2D eigenvalue weighted by molar-refractivity contribution is -0.141. The topological polar surface area (TPSA) is 91.0 Å². The number of halogens is 4. The zero-order valence-electron chi connectivity index (χ0n) is 19.0. The summed E-state index contributed by atoms with van der Waals surface area (Å²) in [5.74, 6) is -0.388. The summed E-state index contributed by atoms with van der Waals surface area (Å²) in [5, 5.41) is 7.53. The summed E-state index contributed by atoms with van der Waals surface area (Å²) in [5.41, 5.74) is 0.764. The molecule has 0 spiro atoms. The third-order valence-electron chi connectivity index (χ3n) is 4.98. The van der Waals surface area contributed by atoms with Crippen LogP contribution in [0.2, 0.25) is 0 Å². The summed E-state index contributed by atoms with van der Waals surface area (Å²) in [4.78, 5) is 3.60. The molecule has 0 amide bonds. The normalized spacial score (nSPS) is 13.4. The average Bonchev–Trinajstić information content (AvgIpc) is 3.30. The maximum atomic E-state index is 13.4. The van der Waals surface area contributed by atoms with Crippen molar-refractivity contribution in [2.24, 2.45) is 0 Å². The van der Waals surface area contributed by atoms with Crippen molar-refractivity contribution in [1.29, 1.82) is 0 Å². The number of nitrogens with one attached hydrogen (secondary N) is 1. The lowest BCUT2D eigenvalue weighted by Crippen LogP contribution is -2.22. The molecule has 0 radical (unpaired) electrons. The Hall–Kier alpha value is -2.93. The first-order chi connectivity index (χ1) is 15.8. The van der Waals surface area contributed by atoms with Crippen molar-refractivity contribution >= 4 is 15.8 Å². The van der Waals surface area contributed by atoms with Crippen molar-refractivity contribution in [3.05, 3.63) is 59.7 Å². The van der Waals surface area contributed by atoms with E-state index in [4.69, 9.17) is 4.18 Å². The number of benzene rings is 1. The van der Waals surface area contributed by atoms with Crippen LogP contribution in [-0.2, 0) is 20.5 Å². The maximum Gasteiger partial charge on any atom is 0.434 e. The lowest BCUT2D eigenvalue weighted by Gasteiger charge is -2.23. The SMILES string of the molecule is Cc1nc(C(F)(F)F)cn1C(CCOS(C)(=O)=O)Nc1cnn(-c2ccc(F)cc2)c1C(C)C. The number of aromatic nitrogens is 4. The van der Waals surface area contributed by atoms with E-state index in [2.05, 4.69) is 15.4 Å². The van der Waals surface area contributed by atoms with Crippen molar-refractivity contribution in [2.45, 2.75) is 45.5 Å². The van der Waals surface area contributed by atoms with Crippen molar-refractivity contribution in [2.75, 3.05) is 18.2 Å². The Kier molecular flexibility index (Phi) is 7.36. The van der Waals surface area contributed by atoms with Gasteiger partial charge in [-0.15, -0.1) is 0 Å². The van der Waals surface area contributed by atoms with Gasteiger partial charge in [0.1, 0.15) is 17.8 Å². The highest BCUT2D eigenvalue weighted by Gasteiger charge is 2.35. The fraction of sp³-hybridized carbons (Fsp3) is 0.429. The molecule has 0 aliphatic rings. The highest BCUT2D eigenvalue weighted by molar-refractivity contribution is 7.85. The number of rotatable bonds is 9. The zero-order valence-corrected chi connectivity index (χ0v) is 19.8. The molecule has 0 saturated heterocycles. The van der Waals surface area contributed by atoms with Crippen LogP contribution >= 0.6 is 0 Å². The Labute approximate surface area is 194 Å². The molecule has 3 rings (SSSR count). The third kappa shape index (κ3) is 6.14. The molecule has 186 valence electrons. The molecule has 0 bridgehead atoms. The minimum absolute atomic E-state index is 0.0147. The number of hydrogen-bond donors (Lipinski definition) is 1. The van der Waals surface area contributed by atoms with Gasteiger partial charge in [0.05, 0.1) is 36.1 Å². The summed E-state index contributed by atoms with van der Waals surface area (Å²) < 4.78 is 83.5. The first kappa shape index (κ1) is 25.7. The van der Waals surface area contributed by atoms with Gasteiger partial charge in [-0.3, -0.25) is 4.18 Å². The molecule has 2 aromatic heterocycles. The van der Waals surface area contributed by atoms with Gasteiger partial charge in [0.15, 0.2) is 5.69 Å². The molecule has 1 aromatic carbocycles. The van der Waals surface area contributed by atoms with E-state index < -0.39 is 34.0 Å². The standard InChI is InChI=1S/C21H25F4N5O3S/c1-13(2)20-17(11-26-30(20)16-7-5-15(22)6-8-16)28-19(9-10-33-34(4,31)32)29-12-18(21(23,24)25)27-14(29)3/h5-8,11-13,19,28H,9-10H2,1-4H3. The van der Waals surface area contributed by atoms with Gasteiger partial charge in [0, 0.05) is 12.6 Å². The second-order valence-corrected chi connectivity index (χ2v) is 9.68. The third-order valence-corrected chi connectivity index (χ3v) is 5.57. The van der Waals surface area contributed by atoms with E-state index in [1.807, 2.05) is 13.8 Å². The summed E-state index contributed by atoms with van der Waals surface area (Å²) in [6, 6.07) is 5.72. The van der Waals surface area contributed by atoms with Crippen LogP contribution in [0.5, 0.6) is 0 Å². The lowest BCUT2D eigenvalue weighted by atomic mass is 10.1.